The highest BCUT2D eigenvalue weighted by Crippen LogP contribution is 2.37. The van der Waals surface area contributed by atoms with E-state index in [1.54, 1.807) is 15.3 Å². The Hall–Kier alpha value is -0.380. The molecule has 1 N–H and O–H groups in total. The van der Waals surface area contributed by atoms with Crippen molar-refractivity contribution in [1.29, 1.82) is 0 Å². The predicted octanol–water partition coefficient (Wildman–Crippen LogP) is 4.09. The fraction of sp³-hybridized carbons (Fsp3) is 0.765. The van der Waals surface area contributed by atoms with E-state index in [0.717, 1.165) is 25.7 Å². The van der Waals surface area contributed by atoms with Crippen LogP contribution in [0.1, 0.15) is 60.4 Å². The summed E-state index contributed by atoms with van der Waals surface area (Å²) in [7, 11) is 0. The highest BCUT2D eigenvalue weighted by molar-refractivity contribution is 7.12. The molecule has 0 aromatic carbocycles. The van der Waals surface area contributed by atoms with Gasteiger partial charge in [-0.15, -0.1) is 11.3 Å². The van der Waals surface area contributed by atoms with Crippen molar-refractivity contribution in [2.24, 2.45) is 5.92 Å². The Bertz CT molecular complexity index is 399. The molecule has 1 fully saturated rings. The summed E-state index contributed by atoms with van der Waals surface area (Å²) in [5.74, 6) is 0.756. The minimum atomic E-state index is 0.556. The molecule has 2 aliphatic rings. The van der Waals surface area contributed by atoms with E-state index in [1.165, 1.54) is 44.9 Å². The van der Waals surface area contributed by atoms with Crippen molar-refractivity contribution in [2.45, 2.75) is 57.9 Å². The number of ether oxygens (including phenoxy) is 1. The van der Waals surface area contributed by atoms with Crippen LogP contribution < -0.4 is 5.32 Å². The van der Waals surface area contributed by atoms with Gasteiger partial charge in [-0.2, -0.15) is 0 Å². The lowest BCUT2D eigenvalue weighted by atomic mass is 9.90. The molecule has 1 saturated heterocycles. The molecule has 3 rings (SSSR count). The van der Waals surface area contributed by atoms with E-state index in [4.69, 9.17) is 4.74 Å². The van der Waals surface area contributed by atoms with Crippen LogP contribution in [0.3, 0.4) is 0 Å². The minimum Gasteiger partial charge on any atom is -0.381 e. The zero-order valence-corrected chi connectivity index (χ0v) is 13.4. The molecule has 0 radical (unpaired) electrons. The summed E-state index contributed by atoms with van der Waals surface area (Å²) in [4.78, 5) is 3.26. The zero-order chi connectivity index (χ0) is 13.8. The number of hydrogen-bond donors (Lipinski definition) is 1. The fourth-order valence-corrected chi connectivity index (χ4v) is 5.04. The third-order valence-electron chi connectivity index (χ3n) is 4.73. The smallest absolute Gasteiger partial charge is 0.0469 e. The standard InChI is InChI=1S/C17H27NOS/c1-2-18-17(13-8-10-19-11-9-13)16-12-14-6-4-3-5-7-15(14)20-16/h12-13,17-18H,2-11H2,1H3. The summed E-state index contributed by atoms with van der Waals surface area (Å²) < 4.78 is 5.54. The highest BCUT2D eigenvalue weighted by Gasteiger charge is 2.27. The molecule has 1 aromatic heterocycles. The van der Waals surface area contributed by atoms with Gasteiger partial charge in [-0.1, -0.05) is 13.3 Å². The number of fused-ring (bicyclic) bond motifs is 1. The Morgan fingerprint density at radius 3 is 2.85 bits per heavy atom. The van der Waals surface area contributed by atoms with Crippen LogP contribution in [-0.2, 0) is 17.6 Å². The van der Waals surface area contributed by atoms with Crippen LogP contribution >= 0.6 is 11.3 Å². The van der Waals surface area contributed by atoms with Crippen LogP contribution in [-0.4, -0.2) is 19.8 Å². The van der Waals surface area contributed by atoms with E-state index in [1.807, 2.05) is 0 Å². The summed E-state index contributed by atoms with van der Waals surface area (Å²) in [5, 5.41) is 3.75. The van der Waals surface area contributed by atoms with Crippen LogP contribution in [0.25, 0.3) is 0 Å². The molecule has 1 aliphatic carbocycles. The van der Waals surface area contributed by atoms with Crippen LogP contribution in [0.5, 0.6) is 0 Å². The Morgan fingerprint density at radius 1 is 1.25 bits per heavy atom. The van der Waals surface area contributed by atoms with Crippen LogP contribution in [0.2, 0.25) is 0 Å². The summed E-state index contributed by atoms with van der Waals surface area (Å²) in [6, 6.07) is 3.08. The lowest BCUT2D eigenvalue weighted by Gasteiger charge is -2.30. The Balaban J connectivity index is 1.79. The van der Waals surface area contributed by atoms with Crippen molar-refractivity contribution in [1.82, 2.24) is 5.32 Å². The third kappa shape index (κ3) is 3.26. The molecule has 0 spiro atoms. The summed E-state index contributed by atoms with van der Waals surface area (Å²) in [5.41, 5.74) is 1.65. The molecule has 0 amide bonds. The van der Waals surface area contributed by atoms with E-state index < -0.39 is 0 Å². The summed E-state index contributed by atoms with van der Waals surface area (Å²) in [6.07, 6.45) is 9.21. The Labute approximate surface area is 126 Å². The molecule has 20 heavy (non-hydrogen) atoms. The first-order valence-corrected chi connectivity index (χ1v) is 9.12. The Kier molecular flexibility index (Phi) is 5.14. The van der Waals surface area contributed by atoms with Gasteiger partial charge in [0.25, 0.3) is 0 Å². The second-order valence-electron chi connectivity index (χ2n) is 6.14. The SMILES string of the molecule is CCNC(c1cc2c(s1)CCCCC2)C1CCOCC1. The first-order chi connectivity index (χ1) is 9.88. The topological polar surface area (TPSA) is 21.3 Å². The zero-order valence-electron chi connectivity index (χ0n) is 12.6. The molecule has 1 atom stereocenters. The van der Waals surface area contributed by atoms with Gasteiger partial charge in [0.1, 0.15) is 0 Å². The van der Waals surface area contributed by atoms with Crippen molar-refractivity contribution in [3.05, 3.63) is 21.4 Å². The summed E-state index contributed by atoms with van der Waals surface area (Å²) in [6.45, 7) is 5.17. The van der Waals surface area contributed by atoms with Crippen molar-refractivity contribution in [3.8, 4) is 0 Å². The van der Waals surface area contributed by atoms with Crippen molar-refractivity contribution >= 4 is 11.3 Å². The largest absolute Gasteiger partial charge is 0.381 e. The van der Waals surface area contributed by atoms with Crippen molar-refractivity contribution in [3.63, 3.8) is 0 Å². The maximum atomic E-state index is 5.54. The maximum Gasteiger partial charge on any atom is 0.0469 e. The second-order valence-corrected chi connectivity index (χ2v) is 7.31. The third-order valence-corrected chi connectivity index (χ3v) is 6.05. The number of thiophene rings is 1. The molecule has 112 valence electrons. The monoisotopic (exact) mass is 293 g/mol. The van der Waals surface area contributed by atoms with E-state index in [-0.39, 0.29) is 0 Å². The lowest BCUT2D eigenvalue weighted by molar-refractivity contribution is 0.0542. The normalized spacial score (nSPS) is 22.2. The van der Waals surface area contributed by atoms with Gasteiger partial charge < -0.3 is 10.1 Å². The average molecular weight is 293 g/mol. The van der Waals surface area contributed by atoms with Crippen LogP contribution in [0.4, 0.5) is 0 Å². The molecule has 2 heterocycles. The van der Waals surface area contributed by atoms with Crippen LogP contribution in [0.15, 0.2) is 6.07 Å². The van der Waals surface area contributed by atoms with Gasteiger partial charge >= 0.3 is 0 Å². The molecular formula is C17H27NOS. The van der Waals surface area contributed by atoms with E-state index in [2.05, 4.69) is 29.6 Å². The van der Waals surface area contributed by atoms with Crippen molar-refractivity contribution in [2.75, 3.05) is 19.8 Å². The maximum absolute atomic E-state index is 5.54. The summed E-state index contributed by atoms with van der Waals surface area (Å²) >= 11 is 2.09. The average Bonchev–Trinajstić information content (AvgIpc) is 2.76. The first-order valence-electron chi connectivity index (χ1n) is 8.31. The van der Waals surface area contributed by atoms with Gasteiger partial charge in [-0.25, -0.2) is 0 Å². The van der Waals surface area contributed by atoms with Gasteiger partial charge in [-0.3, -0.25) is 0 Å². The van der Waals surface area contributed by atoms with Crippen molar-refractivity contribution < 1.29 is 4.74 Å². The molecule has 2 nitrogen and oxygen atoms in total. The first kappa shape index (κ1) is 14.6. The van der Waals surface area contributed by atoms with Crippen LogP contribution in [0, 0.1) is 5.92 Å². The molecule has 1 aromatic rings. The molecule has 3 heteroatoms. The fourth-order valence-electron chi connectivity index (χ4n) is 3.61. The molecule has 0 bridgehead atoms. The lowest BCUT2D eigenvalue weighted by Crippen LogP contribution is -2.31. The van der Waals surface area contributed by atoms with Gasteiger partial charge in [0.2, 0.25) is 0 Å². The number of hydrogen-bond acceptors (Lipinski definition) is 3. The molecule has 0 saturated carbocycles. The predicted molar refractivity (Wildman–Crippen MR) is 85.5 cm³/mol. The van der Waals surface area contributed by atoms with Gasteiger partial charge in [-0.05, 0) is 62.6 Å². The van der Waals surface area contributed by atoms with Gasteiger partial charge in [0.05, 0.1) is 0 Å². The Morgan fingerprint density at radius 2 is 2.05 bits per heavy atom. The quantitative estimate of drug-likeness (QED) is 0.844. The van der Waals surface area contributed by atoms with E-state index in [0.29, 0.717) is 6.04 Å². The minimum absolute atomic E-state index is 0.556. The molecule has 1 unspecified atom stereocenters. The van der Waals surface area contributed by atoms with Gasteiger partial charge in [0.15, 0.2) is 0 Å². The highest BCUT2D eigenvalue weighted by atomic mass is 32.1. The number of nitrogens with one attached hydrogen (secondary N) is 1. The number of rotatable bonds is 4. The molecule has 1 aliphatic heterocycles. The number of aryl methyl sites for hydroxylation is 2. The van der Waals surface area contributed by atoms with E-state index >= 15 is 0 Å². The second kappa shape index (κ2) is 7.06. The van der Waals surface area contributed by atoms with E-state index in [9.17, 15) is 0 Å². The van der Waals surface area contributed by atoms with Gasteiger partial charge in [0, 0.05) is 29.0 Å². The molecular weight excluding hydrogens is 266 g/mol.